The van der Waals surface area contributed by atoms with Crippen LogP contribution in [0.5, 0.6) is 0 Å². The molecule has 6 nitrogen and oxygen atoms in total. The Balaban J connectivity index is 1.81. The van der Waals surface area contributed by atoms with Gasteiger partial charge >= 0.3 is 12.2 Å². The van der Waals surface area contributed by atoms with Gasteiger partial charge in [0.25, 0.3) is 5.69 Å². The number of allylic oxidation sites excluding steroid dienone is 1. The van der Waals surface area contributed by atoms with Crippen molar-refractivity contribution >= 4 is 23.0 Å². The molecular weight excluding hydrogens is 435 g/mol. The SMILES string of the molecule is CC1=C(c2ccccc2-c2ccc([N+](=O)[O-])cc2)CNC(=O)N1c1cccc(C(F)(F)F)c1. The monoisotopic (exact) mass is 453 g/mol. The standard InChI is InChI=1S/C24H18F3N3O3/c1-15-22(14-28-23(31)29(15)19-6-4-5-17(13-19)24(25,26)27)21-8-3-2-7-20(21)16-9-11-18(12-10-16)30(32)33/h2-13H,14H2,1H3,(H,28,31). The van der Waals surface area contributed by atoms with Gasteiger partial charge in [0.15, 0.2) is 0 Å². The number of amides is 2. The molecule has 1 N–H and O–H groups in total. The number of carbonyl (C=O) groups is 1. The van der Waals surface area contributed by atoms with E-state index in [2.05, 4.69) is 5.32 Å². The lowest BCUT2D eigenvalue weighted by Gasteiger charge is -2.32. The van der Waals surface area contributed by atoms with Gasteiger partial charge in [0.2, 0.25) is 0 Å². The second-order valence-corrected chi connectivity index (χ2v) is 7.46. The minimum atomic E-state index is -4.54. The average Bonchev–Trinajstić information content (AvgIpc) is 2.79. The largest absolute Gasteiger partial charge is 0.416 e. The molecule has 0 aromatic heterocycles. The summed E-state index contributed by atoms with van der Waals surface area (Å²) in [7, 11) is 0. The number of halogens is 3. The van der Waals surface area contributed by atoms with Crippen LogP contribution >= 0.6 is 0 Å². The van der Waals surface area contributed by atoms with Crippen LogP contribution in [0, 0.1) is 10.1 Å². The Kier molecular flexibility index (Phi) is 5.63. The molecule has 4 rings (SSSR count). The zero-order chi connectivity index (χ0) is 23.8. The van der Waals surface area contributed by atoms with Crippen molar-refractivity contribution in [3.05, 3.63) is 99.7 Å². The average molecular weight is 453 g/mol. The highest BCUT2D eigenvalue weighted by Gasteiger charge is 2.33. The Morgan fingerprint density at radius 2 is 1.64 bits per heavy atom. The van der Waals surface area contributed by atoms with Gasteiger partial charge in [0.1, 0.15) is 0 Å². The minimum absolute atomic E-state index is 0.0349. The van der Waals surface area contributed by atoms with Crippen LogP contribution in [0.2, 0.25) is 0 Å². The number of benzene rings is 3. The van der Waals surface area contributed by atoms with Crippen LogP contribution < -0.4 is 10.2 Å². The van der Waals surface area contributed by atoms with Crippen molar-refractivity contribution in [2.75, 3.05) is 11.4 Å². The third kappa shape index (κ3) is 4.30. The summed E-state index contributed by atoms with van der Waals surface area (Å²) in [5.74, 6) is 0. The van der Waals surface area contributed by atoms with Crippen molar-refractivity contribution in [3.63, 3.8) is 0 Å². The first-order valence-corrected chi connectivity index (χ1v) is 9.96. The number of urea groups is 1. The first kappa shape index (κ1) is 22.1. The van der Waals surface area contributed by atoms with Gasteiger partial charge in [-0.05, 0) is 59.5 Å². The number of hydrogen-bond donors (Lipinski definition) is 1. The first-order valence-electron chi connectivity index (χ1n) is 9.96. The van der Waals surface area contributed by atoms with Gasteiger partial charge in [-0.3, -0.25) is 15.0 Å². The Morgan fingerprint density at radius 3 is 2.27 bits per heavy atom. The van der Waals surface area contributed by atoms with Crippen molar-refractivity contribution in [2.24, 2.45) is 0 Å². The molecule has 3 aromatic carbocycles. The number of nitro groups is 1. The minimum Gasteiger partial charge on any atom is -0.333 e. The maximum absolute atomic E-state index is 13.2. The van der Waals surface area contributed by atoms with Crippen LogP contribution in [0.4, 0.5) is 29.3 Å². The topological polar surface area (TPSA) is 75.5 Å². The van der Waals surface area contributed by atoms with Crippen molar-refractivity contribution < 1.29 is 22.9 Å². The molecule has 9 heteroatoms. The summed E-state index contributed by atoms with van der Waals surface area (Å²) in [4.78, 5) is 24.4. The Bertz CT molecular complexity index is 1270. The molecule has 1 heterocycles. The molecule has 0 saturated heterocycles. The maximum Gasteiger partial charge on any atom is 0.416 e. The second-order valence-electron chi connectivity index (χ2n) is 7.46. The van der Waals surface area contributed by atoms with Gasteiger partial charge in [-0.15, -0.1) is 0 Å². The Hall–Kier alpha value is -4.14. The third-order valence-corrected chi connectivity index (χ3v) is 5.46. The van der Waals surface area contributed by atoms with Crippen LogP contribution in [0.3, 0.4) is 0 Å². The summed E-state index contributed by atoms with van der Waals surface area (Å²) in [5.41, 5.74) is 2.71. The van der Waals surface area contributed by atoms with Gasteiger partial charge in [-0.1, -0.05) is 30.3 Å². The molecule has 0 bridgehead atoms. The van der Waals surface area contributed by atoms with Gasteiger partial charge < -0.3 is 5.32 Å². The van der Waals surface area contributed by atoms with Crippen LogP contribution in [0.15, 0.2) is 78.5 Å². The zero-order valence-corrected chi connectivity index (χ0v) is 17.4. The molecule has 168 valence electrons. The number of rotatable bonds is 4. The van der Waals surface area contributed by atoms with E-state index < -0.39 is 22.7 Å². The second kappa shape index (κ2) is 8.42. The lowest BCUT2D eigenvalue weighted by atomic mass is 9.92. The van der Waals surface area contributed by atoms with E-state index in [9.17, 15) is 28.1 Å². The van der Waals surface area contributed by atoms with E-state index >= 15 is 0 Å². The van der Waals surface area contributed by atoms with E-state index in [0.29, 0.717) is 5.70 Å². The predicted octanol–water partition coefficient (Wildman–Crippen LogP) is 6.24. The number of non-ortho nitro benzene ring substituents is 1. The highest BCUT2D eigenvalue weighted by atomic mass is 19.4. The number of nitro benzene ring substituents is 1. The van der Waals surface area contributed by atoms with E-state index in [0.717, 1.165) is 34.4 Å². The number of hydrogen-bond acceptors (Lipinski definition) is 3. The molecule has 2 amide bonds. The van der Waals surface area contributed by atoms with Gasteiger partial charge in [-0.2, -0.15) is 13.2 Å². The van der Waals surface area contributed by atoms with E-state index in [1.807, 2.05) is 24.3 Å². The molecule has 0 aliphatic carbocycles. The molecule has 0 radical (unpaired) electrons. The fraction of sp³-hybridized carbons (Fsp3) is 0.125. The van der Waals surface area contributed by atoms with Crippen LogP contribution in [0.25, 0.3) is 16.7 Å². The molecule has 0 atom stereocenters. The molecule has 3 aromatic rings. The van der Waals surface area contributed by atoms with Crippen molar-refractivity contribution in [2.45, 2.75) is 13.1 Å². The highest BCUT2D eigenvalue weighted by Crippen LogP contribution is 2.37. The Morgan fingerprint density at radius 1 is 0.970 bits per heavy atom. The quantitative estimate of drug-likeness (QED) is 0.375. The van der Waals surface area contributed by atoms with Crippen LogP contribution in [-0.2, 0) is 6.18 Å². The normalized spacial score (nSPS) is 14.3. The molecule has 0 fully saturated rings. The van der Waals surface area contributed by atoms with Crippen molar-refractivity contribution in [1.29, 1.82) is 0 Å². The number of anilines is 1. The van der Waals surface area contributed by atoms with Gasteiger partial charge in [0.05, 0.1) is 16.2 Å². The van der Waals surface area contributed by atoms with Crippen LogP contribution in [0.1, 0.15) is 18.1 Å². The van der Waals surface area contributed by atoms with Crippen molar-refractivity contribution in [1.82, 2.24) is 5.32 Å². The molecule has 0 spiro atoms. The zero-order valence-electron chi connectivity index (χ0n) is 17.4. The van der Waals surface area contributed by atoms with Crippen LogP contribution in [-0.4, -0.2) is 17.5 Å². The number of alkyl halides is 3. The van der Waals surface area contributed by atoms with Gasteiger partial charge in [-0.25, -0.2) is 4.79 Å². The van der Waals surface area contributed by atoms with E-state index in [1.165, 1.54) is 29.2 Å². The van der Waals surface area contributed by atoms with E-state index in [1.54, 1.807) is 19.1 Å². The molecule has 0 unspecified atom stereocenters. The summed E-state index contributed by atoms with van der Waals surface area (Å²) >= 11 is 0. The fourth-order valence-electron chi connectivity index (χ4n) is 3.84. The molecular formula is C24H18F3N3O3. The fourth-order valence-corrected chi connectivity index (χ4v) is 3.84. The first-order chi connectivity index (χ1) is 15.7. The Labute approximate surface area is 187 Å². The summed E-state index contributed by atoms with van der Waals surface area (Å²) in [6.07, 6.45) is -4.54. The summed E-state index contributed by atoms with van der Waals surface area (Å²) < 4.78 is 39.7. The lowest BCUT2D eigenvalue weighted by molar-refractivity contribution is -0.384. The third-order valence-electron chi connectivity index (χ3n) is 5.46. The number of carbonyl (C=O) groups excluding carboxylic acids is 1. The predicted molar refractivity (Wildman–Crippen MR) is 118 cm³/mol. The molecule has 33 heavy (non-hydrogen) atoms. The van der Waals surface area contributed by atoms with E-state index in [4.69, 9.17) is 0 Å². The molecule has 1 aliphatic heterocycles. The maximum atomic E-state index is 13.2. The number of nitrogens with zero attached hydrogens (tertiary/aromatic N) is 2. The smallest absolute Gasteiger partial charge is 0.333 e. The molecule has 1 aliphatic rings. The highest BCUT2D eigenvalue weighted by molar-refractivity contribution is 6.02. The number of nitrogens with one attached hydrogen (secondary N) is 1. The van der Waals surface area contributed by atoms with Gasteiger partial charge in [0, 0.05) is 24.4 Å². The molecule has 0 saturated carbocycles. The summed E-state index contributed by atoms with van der Waals surface area (Å²) in [5, 5.41) is 13.7. The summed E-state index contributed by atoms with van der Waals surface area (Å²) in [6, 6.07) is 17.5. The summed E-state index contributed by atoms with van der Waals surface area (Å²) in [6.45, 7) is 1.87. The van der Waals surface area contributed by atoms with Crippen molar-refractivity contribution in [3.8, 4) is 11.1 Å². The van der Waals surface area contributed by atoms with E-state index in [-0.39, 0.29) is 17.9 Å². The lowest BCUT2D eigenvalue weighted by Crippen LogP contribution is -2.44.